The lowest BCUT2D eigenvalue weighted by atomic mass is 10.1. The molecule has 0 saturated heterocycles. The van der Waals surface area contributed by atoms with Gasteiger partial charge in [0.25, 0.3) is 0 Å². The number of thioether (sulfide) groups is 1. The van der Waals surface area contributed by atoms with E-state index in [1.165, 1.54) is 25.6 Å². The molecule has 0 bridgehead atoms. The molecule has 0 N–H and O–H groups in total. The van der Waals surface area contributed by atoms with Crippen LogP contribution in [0.4, 0.5) is 5.69 Å². The normalized spacial score (nSPS) is 14.8. The predicted molar refractivity (Wildman–Crippen MR) is 111 cm³/mol. The van der Waals surface area contributed by atoms with Gasteiger partial charge in [-0.15, -0.1) is 10.2 Å². The van der Waals surface area contributed by atoms with E-state index in [1.807, 2.05) is 30.5 Å². The number of rotatable bonds is 3. The first-order valence-electron chi connectivity index (χ1n) is 9.11. The Balaban J connectivity index is 1.87. The van der Waals surface area contributed by atoms with Crippen LogP contribution in [0.25, 0.3) is 11.3 Å². The first kappa shape index (κ1) is 19.8. The largest absolute Gasteiger partial charge is 0.447 e. The Morgan fingerprint density at radius 2 is 1.80 bits per heavy atom. The van der Waals surface area contributed by atoms with E-state index in [1.54, 1.807) is 29.2 Å². The molecule has 1 amide bonds. The zero-order valence-electron chi connectivity index (χ0n) is 16.5. The first-order valence-corrected chi connectivity index (χ1v) is 10.3. The summed E-state index contributed by atoms with van der Waals surface area (Å²) in [4.78, 5) is 29.9. The van der Waals surface area contributed by atoms with Crippen LogP contribution in [-0.2, 0) is 9.59 Å². The SMILES string of the molecule is CSc1nnc2c(n1)OC(c1ccc(OC(C)=O)cc1)N(C(C)=O)c1ccccc1-2. The van der Waals surface area contributed by atoms with E-state index in [9.17, 15) is 9.59 Å². The smallest absolute Gasteiger partial charge is 0.308 e. The maximum atomic E-state index is 12.7. The lowest BCUT2D eigenvalue weighted by Crippen LogP contribution is -2.36. The minimum absolute atomic E-state index is 0.206. The number of carbonyl (C=O) groups is 2. The van der Waals surface area contributed by atoms with Gasteiger partial charge in [0.15, 0.2) is 5.69 Å². The third-order valence-corrected chi connectivity index (χ3v) is 5.00. The summed E-state index contributed by atoms with van der Waals surface area (Å²) in [5.74, 6) is 0.0831. The molecule has 1 aromatic heterocycles. The second-order valence-electron chi connectivity index (χ2n) is 6.49. The number of hydrogen-bond donors (Lipinski definition) is 0. The van der Waals surface area contributed by atoms with Crippen LogP contribution < -0.4 is 14.4 Å². The van der Waals surface area contributed by atoms with E-state index in [0.717, 1.165) is 0 Å². The predicted octanol–water partition coefficient (Wildman–Crippen LogP) is 3.63. The van der Waals surface area contributed by atoms with Gasteiger partial charge in [-0.3, -0.25) is 14.5 Å². The molecule has 0 fully saturated rings. The summed E-state index contributed by atoms with van der Waals surface area (Å²) in [5, 5.41) is 8.90. The topological polar surface area (TPSA) is 94.5 Å². The van der Waals surface area contributed by atoms with Gasteiger partial charge >= 0.3 is 5.97 Å². The van der Waals surface area contributed by atoms with Crippen molar-refractivity contribution in [3.05, 3.63) is 54.1 Å². The minimum atomic E-state index is -0.789. The third-order valence-electron chi connectivity index (χ3n) is 4.46. The van der Waals surface area contributed by atoms with Gasteiger partial charge in [-0.05, 0) is 36.6 Å². The second-order valence-corrected chi connectivity index (χ2v) is 7.26. The Morgan fingerprint density at radius 1 is 1.07 bits per heavy atom. The van der Waals surface area contributed by atoms with Gasteiger partial charge < -0.3 is 9.47 Å². The minimum Gasteiger partial charge on any atom is -0.447 e. The fourth-order valence-corrected chi connectivity index (χ4v) is 3.52. The van der Waals surface area contributed by atoms with Crippen molar-refractivity contribution < 1.29 is 19.1 Å². The van der Waals surface area contributed by atoms with Crippen molar-refractivity contribution in [2.75, 3.05) is 11.2 Å². The quantitative estimate of drug-likeness (QED) is 0.359. The van der Waals surface area contributed by atoms with Crippen molar-refractivity contribution >= 4 is 29.3 Å². The molecule has 30 heavy (non-hydrogen) atoms. The number of hydrogen-bond acceptors (Lipinski definition) is 8. The summed E-state index contributed by atoms with van der Waals surface area (Å²) in [6.45, 7) is 2.81. The van der Waals surface area contributed by atoms with Crippen LogP contribution in [-0.4, -0.2) is 33.3 Å². The molecule has 1 aliphatic rings. The highest BCUT2D eigenvalue weighted by atomic mass is 32.2. The number of fused-ring (bicyclic) bond motifs is 3. The number of amides is 1. The number of benzene rings is 2. The van der Waals surface area contributed by atoms with Crippen molar-refractivity contribution in [2.24, 2.45) is 0 Å². The van der Waals surface area contributed by atoms with Crippen LogP contribution in [0.1, 0.15) is 25.6 Å². The maximum absolute atomic E-state index is 12.7. The van der Waals surface area contributed by atoms with Crippen LogP contribution in [0.15, 0.2) is 53.7 Å². The van der Waals surface area contributed by atoms with E-state index in [2.05, 4.69) is 15.2 Å². The van der Waals surface area contributed by atoms with E-state index >= 15 is 0 Å². The van der Waals surface area contributed by atoms with Crippen LogP contribution in [0.3, 0.4) is 0 Å². The van der Waals surface area contributed by atoms with Gasteiger partial charge in [0.1, 0.15) is 5.75 Å². The Bertz CT molecular complexity index is 1120. The van der Waals surface area contributed by atoms with Crippen LogP contribution in [0, 0.1) is 0 Å². The van der Waals surface area contributed by atoms with E-state index in [-0.39, 0.29) is 5.91 Å². The summed E-state index contributed by atoms with van der Waals surface area (Å²) in [6, 6.07) is 14.2. The Morgan fingerprint density at radius 3 is 2.47 bits per heavy atom. The molecule has 4 rings (SSSR count). The number of nitrogens with zero attached hydrogens (tertiary/aromatic N) is 4. The number of anilines is 1. The van der Waals surface area contributed by atoms with Gasteiger partial charge in [0.2, 0.25) is 23.2 Å². The monoisotopic (exact) mass is 422 g/mol. The molecule has 152 valence electrons. The molecule has 0 saturated carbocycles. The molecule has 1 unspecified atom stereocenters. The highest BCUT2D eigenvalue weighted by molar-refractivity contribution is 7.98. The summed E-state index contributed by atoms with van der Waals surface area (Å²) in [6.07, 6.45) is 1.06. The summed E-state index contributed by atoms with van der Waals surface area (Å²) in [5.41, 5.74) is 2.50. The Hall–Kier alpha value is -3.46. The Labute approximate surface area is 177 Å². The molecule has 0 radical (unpaired) electrons. The molecular formula is C21H18N4O4S. The van der Waals surface area contributed by atoms with Gasteiger partial charge in [0, 0.05) is 25.0 Å². The van der Waals surface area contributed by atoms with E-state index < -0.39 is 12.2 Å². The summed E-state index contributed by atoms with van der Waals surface area (Å²) >= 11 is 1.35. The second kappa shape index (κ2) is 8.11. The first-order chi connectivity index (χ1) is 14.5. The number of aromatic nitrogens is 3. The van der Waals surface area contributed by atoms with E-state index in [0.29, 0.717) is 39.3 Å². The summed E-state index contributed by atoms with van der Waals surface area (Å²) in [7, 11) is 0. The molecule has 0 aliphatic carbocycles. The number of carbonyl (C=O) groups excluding carboxylic acids is 2. The zero-order chi connectivity index (χ0) is 21.3. The van der Waals surface area contributed by atoms with Crippen molar-refractivity contribution in [3.8, 4) is 22.9 Å². The Kier molecular flexibility index (Phi) is 5.37. The van der Waals surface area contributed by atoms with Gasteiger partial charge in [-0.25, -0.2) is 0 Å². The number of ether oxygens (including phenoxy) is 2. The van der Waals surface area contributed by atoms with Crippen molar-refractivity contribution in [3.63, 3.8) is 0 Å². The fraction of sp³-hybridized carbons (Fsp3) is 0.190. The van der Waals surface area contributed by atoms with Gasteiger partial charge in [0.05, 0.1) is 5.69 Å². The molecule has 1 aliphatic heterocycles. The fourth-order valence-electron chi connectivity index (χ4n) is 3.22. The average molecular weight is 422 g/mol. The maximum Gasteiger partial charge on any atom is 0.308 e. The standard InChI is InChI=1S/C21H18N4O4S/c1-12(26)25-17-7-5-4-6-16(17)18-19(22-21(30-3)24-23-18)29-20(25)14-8-10-15(11-9-14)28-13(2)27/h4-11,20H,1-3H3. The molecular weight excluding hydrogens is 404 g/mol. The van der Waals surface area contributed by atoms with Crippen molar-refractivity contribution in [2.45, 2.75) is 25.2 Å². The van der Waals surface area contributed by atoms with Gasteiger partial charge in [-0.2, -0.15) is 4.98 Å². The lowest BCUT2D eigenvalue weighted by molar-refractivity contribution is -0.131. The molecule has 3 aromatic rings. The highest BCUT2D eigenvalue weighted by Gasteiger charge is 2.34. The van der Waals surface area contributed by atoms with Crippen LogP contribution >= 0.6 is 11.8 Å². The molecule has 9 heteroatoms. The number of para-hydroxylation sites is 1. The third kappa shape index (κ3) is 3.71. The summed E-state index contributed by atoms with van der Waals surface area (Å²) < 4.78 is 11.3. The van der Waals surface area contributed by atoms with Crippen LogP contribution in [0.5, 0.6) is 11.6 Å². The molecule has 2 aromatic carbocycles. The van der Waals surface area contributed by atoms with Crippen LogP contribution in [0.2, 0.25) is 0 Å². The molecule has 2 heterocycles. The van der Waals surface area contributed by atoms with E-state index in [4.69, 9.17) is 9.47 Å². The highest BCUT2D eigenvalue weighted by Crippen LogP contribution is 2.43. The van der Waals surface area contributed by atoms with Crippen molar-refractivity contribution in [1.82, 2.24) is 15.2 Å². The molecule has 0 spiro atoms. The lowest BCUT2D eigenvalue weighted by Gasteiger charge is -2.29. The number of esters is 1. The molecule has 1 atom stereocenters. The average Bonchev–Trinajstić information content (AvgIpc) is 2.88. The van der Waals surface area contributed by atoms with Gasteiger partial charge in [-0.1, -0.05) is 30.0 Å². The zero-order valence-corrected chi connectivity index (χ0v) is 17.3. The van der Waals surface area contributed by atoms with Crippen molar-refractivity contribution in [1.29, 1.82) is 0 Å². The molecule has 8 nitrogen and oxygen atoms in total.